The van der Waals surface area contributed by atoms with Gasteiger partial charge in [0.1, 0.15) is 5.82 Å². The molecule has 3 aromatic rings. The van der Waals surface area contributed by atoms with Crippen molar-refractivity contribution in [1.82, 2.24) is 0 Å². The zero-order chi connectivity index (χ0) is 20.8. The molecule has 0 aliphatic rings. The molecule has 0 spiro atoms. The first-order chi connectivity index (χ1) is 13.9. The van der Waals surface area contributed by atoms with Gasteiger partial charge in [0.2, 0.25) is 5.91 Å². The lowest BCUT2D eigenvalue weighted by Gasteiger charge is -2.11. The Balaban J connectivity index is 1.72. The summed E-state index contributed by atoms with van der Waals surface area (Å²) in [6, 6.07) is 18.3. The molecule has 0 saturated heterocycles. The van der Waals surface area contributed by atoms with E-state index in [0.717, 1.165) is 11.1 Å². The maximum Gasteiger partial charge on any atom is 0.257 e. The predicted molar refractivity (Wildman–Crippen MR) is 114 cm³/mol. The van der Waals surface area contributed by atoms with Crippen molar-refractivity contribution < 1.29 is 14.0 Å². The van der Waals surface area contributed by atoms with E-state index in [9.17, 15) is 14.0 Å². The van der Waals surface area contributed by atoms with Crippen molar-refractivity contribution in [3.63, 3.8) is 0 Å². The van der Waals surface area contributed by atoms with Crippen LogP contribution in [0.5, 0.6) is 0 Å². The molecule has 0 aliphatic heterocycles. The molecular formula is C24H21FN2O2. The maximum absolute atomic E-state index is 12.9. The second kappa shape index (κ2) is 8.97. The molecule has 146 valence electrons. The zero-order valence-corrected chi connectivity index (χ0v) is 16.2. The summed E-state index contributed by atoms with van der Waals surface area (Å²) in [4.78, 5) is 25.0. The smallest absolute Gasteiger partial charge is 0.257 e. The molecule has 0 saturated carbocycles. The van der Waals surface area contributed by atoms with E-state index in [4.69, 9.17) is 0 Å². The van der Waals surface area contributed by atoms with Gasteiger partial charge in [-0.3, -0.25) is 9.59 Å². The highest BCUT2D eigenvalue weighted by atomic mass is 19.1. The van der Waals surface area contributed by atoms with E-state index in [1.165, 1.54) is 18.2 Å². The van der Waals surface area contributed by atoms with Crippen molar-refractivity contribution in [2.24, 2.45) is 0 Å². The number of nitrogens with one attached hydrogen (secondary N) is 2. The van der Waals surface area contributed by atoms with Gasteiger partial charge in [-0.25, -0.2) is 4.39 Å². The van der Waals surface area contributed by atoms with Gasteiger partial charge in [-0.1, -0.05) is 30.3 Å². The number of aryl methyl sites for hydroxylation is 2. The van der Waals surface area contributed by atoms with E-state index in [0.29, 0.717) is 22.5 Å². The quantitative estimate of drug-likeness (QED) is 0.579. The van der Waals surface area contributed by atoms with Crippen LogP contribution < -0.4 is 10.6 Å². The van der Waals surface area contributed by atoms with Gasteiger partial charge < -0.3 is 10.6 Å². The molecule has 0 unspecified atom stereocenters. The largest absolute Gasteiger partial charge is 0.322 e. The fourth-order valence-corrected chi connectivity index (χ4v) is 2.73. The lowest BCUT2D eigenvalue weighted by atomic mass is 10.1. The van der Waals surface area contributed by atoms with Crippen molar-refractivity contribution in [3.05, 3.63) is 101 Å². The molecule has 4 nitrogen and oxygen atoms in total. The minimum Gasteiger partial charge on any atom is -0.322 e. The minimum atomic E-state index is -0.388. The van der Waals surface area contributed by atoms with Gasteiger partial charge in [0.25, 0.3) is 5.91 Å². The highest BCUT2D eigenvalue weighted by molar-refractivity contribution is 6.11. The normalized spacial score (nSPS) is 10.7. The van der Waals surface area contributed by atoms with E-state index in [2.05, 4.69) is 10.6 Å². The number of anilines is 2. The van der Waals surface area contributed by atoms with Crippen LogP contribution in [0.15, 0.2) is 72.8 Å². The number of benzene rings is 3. The Morgan fingerprint density at radius 2 is 1.59 bits per heavy atom. The fourth-order valence-electron chi connectivity index (χ4n) is 2.73. The Hall–Kier alpha value is -3.73. The predicted octanol–water partition coefficient (Wildman–Crippen LogP) is 5.35. The van der Waals surface area contributed by atoms with Crippen molar-refractivity contribution >= 4 is 29.3 Å². The van der Waals surface area contributed by atoms with Gasteiger partial charge in [0.05, 0.1) is 11.3 Å². The number of hydrogen-bond donors (Lipinski definition) is 2. The number of amides is 2. The highest BCUT2D eigenvalue weighted by Gasteiger charge is 2.13. The second-order valence-electron chi connectivity index (χ2n) is 6.67. The number of carbonyl (C=O) groups excluding carboxylic acids is 2. The molecule has 2 amide bonds. The maximum atomic E-state index is 12.9. The first-order valence-corrected chi connectivity index (χ1v) is 9.14. The van der Waals surface area contributed by atoms with E-state index in [1.54, 1.807) is 42.5 Å². The summed E-state index contributed by atoms with van der Waals surface area (Å²) in [5.41, 5.74) is 4.37. The van der Waals surface area contributed by atoms with Gasteiger partial charge in [0.15, 0.2) is 0 Å². The number of halogens is 1. The summed E-state index contributed by atoms with van der Waals surface area (Å²) in [6.45, 7) is 3.98. The average molecular weight is 388 g/mol. The topological polar surface area (TPSA) is 58.2 Å². The van der Waals surface area contributed by atoms with Crippen LogP contribution in [0.25, 0.3) is 6.08 Å². The summed E-state index contributed by atoms with van der Waals surface area (Å²) in [7, 11) is 0. The lowest BCUT2D eigenvalue weighted by Crippen LogP contribution is -2.17. The zero-order valence-electron chi connectivity index (χ0n) is 16.2. The van der Waals surface area contributed by atoms with E-state index >= 15 is 0 Å². The van der Waals surface area contributed by atoms with Gasteiger partial charge in [-0.15, -0.1) is 0 Å². The lowest BCUT2D eigenvalue weighted by molar-refractivity contribution is -0.111. The summed E-state index contributed by atoms with van der Waals surface area (Å²) in [5.74, 6) is -1.04. The van der Waals surface area contributed by atoms with Gasteiger partial charge in [0, 0.05) is 11.8 Å². The molecular weight excluding hydrogens is 367 g/mol. The number of hydrogen-bond acceptors (Lipinski definition) is 2. The Labute approximate surface area is 169 Å². The van der Waals surface area contributed by atoms with Crippen LogP contribution in [0, 0.1) is 19.7 Å². The Morgan fingerprint density at radius 1 is 0.862 bits per heavy atom. The van der Waals surface area contributed by atoms with E-state index in [1.807, 2.05) is 32.0 Å². The Bertz CT molecular complexity index is 1070. The number of carbonyl (C=O) groups is 2. The standard InChI is InChI=1S/C24H21FN2O2/c1-16-7-13-20(15-17(16)2)26-24(29)21-5-3-4-6-22(21)27-23(28)14-10-18-8-11-19(25)12-9-18/h3-15H,1-2H3,(H,26,29)(H,27,28). The molecule has 2 N–H and O–H groups in total. The van der Waals surface area contributed by atoms with Crippen molar-refractivity contribution in [2.75, 3.05) is 10.6 Å². The van der Waals surface area contributed by atoms with Crippen molar-refractivity contribution in [2.45, 2.75) is 13.8 Å². The van der Waals surface area contributed by atoms with Crippen LogP contribution >= 0.6 is 0 Å². The van der Waals surface area contributed by atoms with Crippen LogP contribution in [0.3, 0.4) is 0 Å². The summed E-state index contributed by atoms with van der Waals surface area (Å²) >= 11 is 0. The third-order valence-electron chi connectivity index (χ3n) is 4.49. The summed E-state index contributed by atoms with van der Waals surface area (Å²) in [5, 5.41) is 5.58. The van der Waals surface area contributed by atoms with Crippen molar-refractivity contribution in [1.29, 1.82) is 0 Å². The molecule has 0 aliphatic carbocycles. The molecule has 5 heteroatoms. The van der Waals surface area contributed by atoms with Gasteiger partial charge in [-0.05, 0) is 73.0 Å². The van der Waals surface area contributed by atoms with Crippen LogP contribution in [-0.2, 0) is 4.79 Å². The Kier molecular flexibility index (Phi) is 6.19. The molecule has 0 heterocycles. The second-order valence-corrected chi connectivity index (χ2v) is 6.67. The first kappa shape index (κ1) is 20.0. The van der Waals surface area contributed by atoms with Crippen molar-refractivity contribution in [3.8, 4) is 0 Å². The first-order valence-electron chi connectivity index (χ1n) is 9.14. The van der Waals surface area contributed by atoms with E-state index in [-0.39, 0.29) is 17.6 Å². The SMILES string of the molecule is Cc1ccc(NC(=O)c2ccccc2NC(=O)C=Cc2ccc(F)cc2)cc1C. The molecule has 0 radical (unpaired) electrons. The molecule has 29 heavy (non-hydrogen) atoms. The average Bonchev–Trinajstić information content (AvgIpc) is 2.71. The molecule has 0 bridgehead atoms. The monoisotopic (exact) mass is 388 g/mol. The minimum absolute atomic E-state index is 0.313. The molecule has 0 fully saturated rings. The molecule has 3 aromatic carbocycles. The Morgan fingerprint density at radius 3 is 2.31 bits per heavy atom. The third-order valence-corrected chi connectivity index (χ3v) is 4.49. The molecule has 3 rings (SSSR count). The molecule has 0 atom stereocenters. The summed E-state index contributed by atoms with van der Waals surface area (Å²) in [6.07, 6.45) is 2.91. The van der Waals surface area contributed by atoms with Crippen LogP contribution in [0.4, 0.5) is 15.8 Å². The van der Waals surface area contributed by atoms with Gasteiger partial charge in [-0.2, -0.15) is 0 Å². The molecule has 0 aromatic heterocycles. The van der Waals surface area contributed by atoms with E-state index < -0.39 is 0 Å². The highest BCUT2D eigenvalue weighted by Crippen LogP contribution is 2.19. The number of rotatable bonds is 5. The van der Waals surface area contributed by atoms with Crippen LogP contribution in [0.1, 0.15) is 27.0 Å². The van der Waals surface area contributed by atoms with Crippen LogP contribution in [0.2, 0.25) is 0 Å². The fraction of sp³-hybridized carbons (Fsp3) is 0.0833. The van der Waals surface area contributed by atoms with Crippen LogP contribution in [-0.4, -0.2) is 11.8 Å². The number of para-hydroxylation sites is 1. The van der Waals surface area contributed by atoms with Gasteiger partial charge >= 0.3 is 0 Å². The summed E-state index contributed by atoms with van der Waals surface area (Å²) < 4.78 is 12.9. The third kappa shape index (κ3) is 5.39.